The van der Waals surface area contributed by atoms with Crippen LogP contribution in [0.4, 0.5) is 0 Å². The van der Waals surface area contributed by atoms with Crippen molar-refractivity contribution in [3.63, 3.8) is 0 Å². The quantitative estimate of drug-likeness (QED) is 0.378. The van der Waals surface area contributed by atoms with Crippen LogP contribution in [0.15, 0.2) is 76.6 Å². The van der Waals surface area contributed by atoms with E-state index < -0.39 is 0 Å². The van der Waals surface area contributed by atoms with Crippen molar-refractivity contribution in [1.29, 1.82) is 0 Å². The fourth-order valence-corrected chi connectivity index (χ4v) is 3.26. The monoisotopic (exact) mass is 421 g/mol. The summed E-state index contributed by atoms with van der Waals surface area (Å²) in [6, 6.07) is 17.6. The second kappa shape index (κ2) is 7.59. The summed E-state index contributed by atoms with van der Waals surface area (Å²) in [6.45, 7) is 0.589. The maximum atomic E-state index is 12.2. The lowest BCUT2D eigenvalue weighted by atomic mass is 10.2. The summed E-state index contributed by atoms with van der Waals surface area (Å²) in [7, 11) is 0. The minimum atomic E-state index is -0.348. The predicted octanol–water partition coefficient (Wildman–Crippen LogP) is 3.94. The number of rotatable bonds is 5. The first-order chi connectivity index (χ1) is 13.2. The molecule has 0 saturated heterocycles. The summed E-state index contributed by atoms with van der Waals surface area (Å²) in [5.74, 6) is -0.348. The van der Waals surface area contributed by atoms with Gasteiger partial charge in [-0.1, -0.05) is 46.3 Å². The molecule has 2 N–H and O–H groups in total. The molecular formula is C20H16BrN5O. The molecule has 0 spiro atoms. The average molecular weight is 422 g/mol. The Labute approximate surface area is 164 Å². The minimum absolute atomic E-state index is 0.320. The van der Waals surface area contributed by atoms with Gasteiger partial charge < -0.3 is 4.98 Å². The molecule has 6 nitrogen and oxygen atoms in total. The van der Waals surface area contributed by atoms with Gasteiger partial charge in [0.25, 0.3) is 5.91 Å². The second-order valence-corrected chi connectivity index (χ2v) is 6.93. The van der Waals surface area contributed by atoms with E-state index in [-0.39, 0.29) is 5.91 Å². The van der Waals surface area contributed by atoms with E-state index in [1.165, 1.54) is 0 Å². The van der Waals surface area contributed by atoms with Gasteiger partial charge in [-0.25, -0.2) is 5.43 Å². The van der Waals surface area contributed by atoms with Crippen LogP contribution in [0.25, 0.3) is 10.9 Å². The van der Waals surface area contributed by atoms with Crippen LogP contribution in [0.2, 0.25) is 0 Å². The Kier molecular flexibility index (Phi) is 4.84. The number of aromatic amines is 1. The highest BCUT2D eigenvalue weighted by molar-refractivity contribution is 9.10. The molecule has 1 amide bonds. The smallest absolute Gasteiger partial charge is 0.291 e. The zero-order chi connectivity index (χ0) is 18.6. The zero-order valence-electron chi connectivity index (χ0n) is 14.3. The number of benzene rings is 2. The van der Waals surface area contributed by atoms with Crippen molar-refractivity contribution in [2.24, 2.45) is 5.10 Å². The van der Waals surface area contributed by atoms with Crippen LogP contribution in [0.3, 0.4) is 0 Å². The molecule has 0 fully saturated rings. The third-order valence-corrected chi connectivity index (χ3v) is 4.59. The maximum Gasteiger partial charge on any atom is 0.291 e. The molecule has 0 atom stereocenters. The van der Waals surface area contributed by atoms with Gasteiger partial charge in [0.1, 0.15) is 0 Å². The molecule has 7 heteroatoms. The molecule has 4 rings (SSSR count). The summed E-state index contributed by atoms with van der Waals surface area (Å²) < 4.78 is 2.73. The SMILES string of the molecule is O=C(NN=Cc1c[nH]c2ccccc12)c1ccn(Cc2cccc(Br)c2)n1. The number of H-pyrrole nitrogens is 1. The van der Waals surface area contributed by atoms with Crippen molar-refractivity contribution < 1.29 is 4.79 Å². The minimum Gasteiger partial charge on any atom is -0.361 e. The highest BCUT2D eigenvalue weighted by Crippen LogP contribution is 2.15. The van der Waals surface area contributed by atoms with Gasteiger partial charge in [-0.3, -0.25) is 9.48 Å². The van der Waals surface area contributed by atoms with Gasteiger partial charge in [0.05, 0.1) is 12.8 Å². The molecule has 2 aromatic heterocycles. The van der Waals surface area contributed by atoms with Crippen LogP contribution in [-0.4, -0.2) is 26.9 Å². The number of carbonyl (C=O) groups excluding carboxylic acids is 1. The van der Waals surface area contributed by atoms with Gasteiger partial charge in [0.2, 0.25) is 0 Å². The Morgan fingerprint density at radius 1 is 1.22 bits per heavy atom. The van der Waals surface area contributed by atoms with Gasteiger partial charge in [-0.2, -0.15) is 10.2 Å². The normalized spacial score (nSPS) is 11.3. The molecule has 0 radical (unpaired) electrons. The molecule has 0 aliphatic heterocycles. The van der Waals surface area contributed by atoms with Crippen LogP contribution in [0.1, 0.15) is 21.6 Å². The number of aromatic nitrogens is 3. The molecule has 0 unspecified atom stereocenters. The third kappa shape index (κ3) is 3.98. The fourth-order valence-electron chi connectivity index (χ4n) is 2.81. The summed E-state index contributed by atoms with van der Waals surface area (Å²) in [5.41, 5.74) is 5.87. The van der Waals surface area contributed by atoms with Crippen LogP contribution in [0.5, 0.6) is 0 Å². The number of hydrazone groups is 1. The Bertz CT molecular complexity index is 1130. The summed E-state index contributed by atoms with van der Waals surface area (Å²) >= 11 is 3.45. The number of fused-ring (bicyclic) bond motifs is 1. The van der Waals surface area contributed by atoms with Crippen molar-refractivity contribution in [2.75, 3.05) is 0 Å². The molecule has 0 bridgehead atoms. The average Bonchev–Trinajstić information content (AvgIpc) is 3.29. The van der Waals surface area contributed by atoms with Gasteiger partial charge in [-0.05, 0) is 29.8 Å². The van der Waals surface area contributed by atoms with Crippen molar-refractivity contribution in [1.82, 2.24) is 20.2 Å². The zero-order valence-corrected chi connectivity index (χ0v) is 15.8. The van der Waals surface area contributed by atoms with Gasteiger partial charge in [-0.15, -0.1) is 0 Å². The van der Waals surface area contributed by atoms with E-state index >= 15 is 0 Å². The van der Waals surface area contributed by atoms with Crippen LogP contribution < -0.4 is 5.43 Å². The van der Waals surface area contributed by atoms with Gasteiger partial charge in [0, 0.05) is 33.3 Å². The van der Waals surface area contributed by atoms with E-state index in [4.69, 9.17) is 0 Å². The lowest BCUT2D eigenvalue weighted by Crippen LogP contribution is -2.18. The molecule has 0 aliphatic rings. The summed E-state index contributed by atoms with van der Waals surface area (Å²) in [4.78, 5) is 15.4. The third-order valence-electron chi connectivity index (χ3n) is 4.10. The van der Waals surface area contributed by atoms with E-state index in [1.54, 1.807) is 23.2 Å². The largest absolute Gasteiger partial charge is 0.361 e. The Balaban J connectivity index is 1.41. The van der Waals surface area contributed by atoms with Crippen LogP contribution in [-0.2, 0) is 6.54 Å². The number of hydrogen-bond donors (Lipinski definition) is 2. The number of para-hydroxylation sites is 1. The van der Waals surface area contributed by atoms with E-state index in [0.717, 1.165) is 26.5 Å². The lowest BCUT2D eigenvalue weighted by molar-refractivity contribution is 0.0949. The summed E-state index contributed by atoms with van der Waals surface area (Å²) in [5, 5.41) is 9.40. The van der Waals surface area contributed by atoms with Crippen molar-refractivity contribution in [2.45, 2.75) is 6.54 Å². The Hall–Kier alpha value is -3.19. The lowest BCUT2D eigenvalue weighted by Gasteiger charge is -2.02. The predicted molar refractivity (Wildman–Crippen MR) is 109 cm³/mol. The molecule has 2 aromatic carbocycles. The topological polar surface area (TPSA) is 75.1 Å². The summed E-state index contributed by atoms with van der Waals surface area (Å²) in [6.07, 6.45) is 5.25. The van der Waals surface area contributed by atoms with Gasteiger partial charge in [0.15, 0.2) is 5.69 Å². The highest BCUT2D eigenvalue weighted by atomic mass is 79.9. The number of carbonyl (C=O) groups is 1. The molecule has 0 aliphatic carbocycles. The molecule has 0 saturated carbocycles. The number of amides is 1. The molecule has 2 heterocycles. The first-order valence-corrected chi connectivity index (χ1v) is 9.16. The van der Waals surface area contributed by atoms with E-state index in [2.05, 4.69) is 36.5 Å². The van der Waals surface area contributed by atoms with E-state index in [1.807, 2.05) is 54.7 Å². The number of nitrogens with zero attached hydrogens (tertiary/aromatic N) is 3. The number of halogens is 1. The van der Waals surface area contributed by atoms with Gasteiger partial charge >= 0.3 is 0 Å². The van der Waals surface area contributed by atoms with Crippen molar-refractivity contribution in [3.05, 3.63) is 88.3 Å². The van der Waals surface area contributed by atoms with Crippen LogP contribution >= 0.6 is 15.9 Å². The second-order valence-electron chi connectivity index (χ2n) is 6.02. The Morgan fingerprint density at radius 2 is 2.11 bits per heavy atom. The number of hydrogen-bond acceptors (Lipinski definition) is 3. The highest BCUT2D eigenvalue weighted by Gasteiger charge is 2.09. The fraction of sp³-hybridized carbons (Fsp3) is 0.0500. The van der Waals surface area contributed by atoms with Crippen molar-refractivity contribution in [3.8, 4) is 0 Å². The Morgan fingerprint density at radius 3 is 3.00 bits per heavy atom. The number of nitrogens with one attached hydrogen (secondary N) is 2. The van der Waals surface area contributed by atoms with E-state index in [0.29, 0.717) is 12.2 Å². The van der Waals surface area contributed by atoms with E-state index in [9.17, 15) is 4.79 Å². The van der Waals surface area contributed by atoms with Crippen molar-refractivity contribution >= 4 is 39.0 Å². The molecule has 4 aromatic rings. The molecular weight excluding hydrogens is 406 g/mol. The maximum absolute atomic E-state index is 12.2. The standard InChI is InChI=1S/C20H16BrN5O/c21-16-5-3-4-14(10-16)13-26-9-8-19(25-26)20(27)24-23-12-15-11-22-18-7-2-1-6-17(15)18/h1-12,22H,13H2,(H,24,27). The van der Waals surface area contributed by atoms with Crippen LogP contribution in [0, 0.1) is 0 Å². The first-order valence-electron chi connectivity index (χ1n) is 8.36. The molecule has 27 heavy (non-hydrogen) atoms. The first kappa shape index (κ1) is 17.2. The molecule has 134 valence electrons.